The molecule has 19 heavy (non-hydrogen) atoms. The summed E-state index contributed by atoms with van der Waals surface area (Å²) < 4.78 is 31.2. The van der Waals surface area contributed by atoms with Gasteiger partial charge in [0.15, 0.2) is 11.6 Å². The second kappa shape index (κ2) is 5.21. The van der Waals surface area contributed by atoms with E-state index in [0.717, 1.165) is 12.1 Å². The first kappa shape index (κ1) is 13.3. The summed E-state index contributed by atoms with van der Waals surface area (Å²) in [7, 11) is 0. The normalized spacial score (nSPS) is 10.7. The Kier molecular flexibility index (Phi) is 3.64. The minimum atomic E-state index is -1.01. The standard InChI is InChI=1S/C12H14F2N4O/c1-3-18(4-2)12-16-11(19-17-12)7-5-8(13)9(14)6-10(7)15/h5-6H,3-4,15H2,1-2H3. The van der Waals surface area contributed by atoms with Crippen molar-refractivity contribution in [3.8, 4) is 11.5 Å². The number of aromatic nitrogens is 2. The van der Waals surface area contributed by atoms with Gasteiger partial charge in [0.05, 0.1) is 5.56 Å². The molecule has 0 amide bonds. The van der Waals surface area contributed by atoms with Crippen LogP contribution in [-0.2, 0) is 0 Å². The van der Waals surface area contributed by atoms with Gasteiger partial charge in [-0.05, 0) is 25.1 Å². The van der Waals surface area contributed by atoms with Gasteiger partial charge in [-0.2, -0.15) is 4.98 Å². The molecule has 0 spiro atoms. The summed E-state index contributed by atoms with van der Waals surface area (Å²) in [6.07, 6.45) is 0. The predicted molar refractivity (Wildman–Crippen MR) is 67.6 cm³/mol. The van der Waals surface area contributed by atoms with E-state index < -0.39 is 11.6 Å². The first-order valence-corrected chi connectivity index (χ1v) is 5.90. The molecule has 0 fully saturated rings. The molecular formula is C12H14F2N4O. The Balaban J connectivity index is 2.40. The first-order valence-electron chi connectivity index (χ1n) is 5.90. The van der Waals surface area contributed by atoms with E-state index in [1.807, 2.05) is 18.7 Å². The number of halogens is 2. The van der Waals surface area contributed by atoms with E-state index in [4.69, 9.17) is 10.3 Å². The fraction of sp³-hybridized carbons (Fsp3) is 0.333. The zero-order valence-corrected chi connectivity index (χ0v) is 10.7. The van der Waals surface area contributed by atoms with Gasteiger partial charge in [-0.1, -0.05) is 0 Å². The maximum atomic E-state index is 13.2. The van der Waals surface area contributed by atoms with Gasteiger partial charge in [0.1, 0.15) is 0 Å². The highest BCUT2D eigenvalue weighted by molar-refractivity contribution is 5.70. The Morgan fingerprint density at radius 2 is 1.84 bits per heavy atom. The van der Waals surface area contributed by atoms with Gasteiger partial charge < -0.3 is 15.2 Å². The van der Waals surface area contributed by atoms with E-state index in [1.165, 1.54) is 0 Å². The van der Waals surface area contributed by atoms with Gasteiger partial charge in [-0.3, -0.25) is 0 Å². The molecule has 1 aromatic carbocycles. The Hall–Kier alpha value is -2.18. The second-order valence-corrected chi connectivity index (χ2v) is 3.93. The van der Waals surface area contributed by atoms with Gasteiger partial charge >= 0.3 is 0 Å². The van der Waals surface area contributed by atoms with E-state index >= 15 is 0 Å². The lowest BCUT2D eigenvalue weighted by atomic mass is 10.1. The average Bonchev–Trinajstić information content (AvgIpc) is 2.85. The van der Waals surface area contributed by atoms with Crippen molar-refractivity contribution in [2.24, 2.45) is 0 Å². The molecule has 0 aliphatic rings. The van der Waals surface area contributed by atoms with Crippen LogP contribution in [0.25, 0.3) is 11.5 Å². The summed E-state index contributed by atoms with van der Waals surface area (Å²) in [5.74, 6) is -1.56. The molecule has 0 atom stereocenters. The molecule has 1 heterocycles. The fourth-order valence-corrected chi connectivity index (χ4v) is 1.71. The topological polar surface area (TPSA) is 68.2 Å². The largest absolute Gasteiger partial charge is 0.398 e. The Morgan fingerprint density at radius 1 is 1.21 bits per heavy atom. The summed E-state index contributed by atoms with van der Waals surface area (Å²) in [6, 6.07) is 1.84. The van der Waals surface area contributed by atoms with Crippen LogP contribution in [0.1, 0.15) is 13.8 Å². The summed E-state index contributed by atoms with van der Waals surface area (Å²) in [5, 5.41) is 3.80. The molecule has 0 unspecified atom stereocenters. The minimum Gasteiger partial charge on any atom is -0.398 e. The molecule has 0 radical (unpaired) electrons. The molecule has 5 nitrogen and oxygen atoms in total. The van der Waals surface area contributed by atoms with Crippen molar-refractivity contribution in [2.45, 2.75) is 13.8 Å². The lowest BCUT2D eigenvalue weighted by molar-refractivity contribution is 0.429. The number of anilines is 2. The highest BCUT2D eigenvalue weighted by atomic mass is 19.2. The maximum Gasteiger partial charge on any atom is 0.266 e. The maximum absolute atomic E-state index is 13.2. The molecule has 2 aromatic rings. The molecule has 0 aliphatic heterocycles. The third-order valence-electron chi connectivity index (χ3n) is 2.78. The highest BCUT2D eigenvalue weighted by Gasteiger charge is 2.17. The monoisotopic (exact) mass is 268 g/mol. The van der Waals surface area contributed by atoms with Crippen LogP contribution in [-0.4, -0.2) is 23.2 Å². The average molecular weight is 268 g/mol. The smallest absolute Gasteiger partial charge is 0.266 e. The first-order chi connectivity index (χ1) is 9.06. The third-order valence-corrected chi connectivity index (χ3v) is 2.78. The Bertz CT molecular complexity index is 581. The van der Waals surface area contributed by atoms with Gasteiger partial charge in [0, 0.05) is 24.8 Å². The summed E-state index contributed by atoms with van der Waals surface area (Å²) >= 11 is 0. The van der Waals surface area contributed by atoms with E-state index in [2.05, 4.69) is 10.1 Å². The molecule has 7 heteroatoms. The Labute approximate surface area is 109 Å². The number of rotatable bonds is 4. The third kappa shape index (κ3) is 2.49. The van der Waals surface area contributed by atoms with Crippen LogP contribution in [0.5, 0.6) is 0 Å². The van der Waals surface area contributed by atoms with Crippen LogP contribution < -0.4 is 10.6 Å². The van der Waals surface area contributed by atoms with Gasteiger partial charge in [-0.15, -0.1) is 0 Å². The molecule has 1 aromatic heterocycles. The van der Waals surface area contributed by atoms with Crippen molar-refractivity contribution in [1.29, 1.82) is 0 Å². The Morgan fingerprint density at radius 3 is 2.47 bits per heavy atom. The van der Waals surface area contributed by atoms with Crippen LogP contribution in [0.3, 0.4) is 0 Å². The lowest BCUT2D eigenvalue weighted by Crippen LogP contribution is -2.22. The van der Waals surface area contributed by atoms with E-state index in [-0.39, 0.29) is 17.1 Å². The number of nitrogens with zero attached hydrogens (tertiary/aromatic N) is 3. The minimum absolute atomic E-state index is 0.0497. The summed E-state index contributed by atoms with van der Waals surface area (Å²) in [4.78, 5) is 6.00. The number of benzene rings is 1. The van der Waals surface area contributed by atoms with Crippen molar-refractivity contribution in [1.82, 2.24) is 10.1 Å². The van der Waals surface area contributed by atoms with E-state index in [9.17, 15) is 8.78 Å². The van der Waals surface area contributed by atoms with Gasteiger partial charge in [0.25, 0.3) is 11.8 Å². The fourth-order valence-electron chi connectivity index (χ4n) is 1.71. The SMILES string of the molecule is CCN(CC)c1noc(-c2cc(F)c(F)cc2N)n1. The van der Waals surface area contributed by atoms with Crippen molar-refractivity contribution < 1.29 is 13.3 Å². The molecule has 0 saturated carbocycles. The van der Waals surface area contributed by atoms with Gasteiger partial charge in [0.2, 0.25) is 0 Å². The van der Waals surface area contributed by atoms with Crippen LogP contribution in [0.4, 0.5) is 20.4 Å². The highest BCUT2D eigenvalue weighted by Crippen LogP contribution is 2.28. The van der Waals surface area contributed by atoms with Gasteiger partial charge in [-0.25, -0.2) is 8.78 Å². The zero-order chi connectivity index (χ0) is 14.0. The molecule has 2 rings (SSSR count). The van der Waals surface area contributed by atoms with Crippen molar-refractivity contribution >= 4 is 11.6 Å². The molecule has 0 aliphatic carbocycles. The molecule has 102 valence electrons. The molecular weight excluding hydrogens is 254 g/mol. The van der Waals surface area contributed by atoms with Crippen molar-refractivity contribution in [3.05, 3.63) is 23.8 Å². The zero-order valence-electron chi connectivity index (χ0n) is 10.7. The van der Waals surface area contributed by atoms with Crippen LogP contribution in [0.15, 0.2) is 16.7 Å². The number of nitrogen functional groups attached to an aromatic ring is 1. The summed E-state index contributed by atoms with van der Waals surface area (Å²) in [6.45, 7) is 5.32. The predicted octanol–water partition coefficient (Wildman–Crippen LogP) is 2.44. The van der Waals surface area contributed by atoms with Crippen LogP contribution in [0.2, 0.25) is 0 Å². The van der Waals surface area contributed by atoms with E-state index in [1.54, 1.807) is 0 Å². The van der Waals surface area contributed by atoms with Crippen LogP contribution >= 0.6 is 0 Å². The van der Waals surface area contributed by atoms with Crippen molar-refractivity contribution in [3.63, 3.8) is 0 Å². The lowest BCUT2D eigenvalue weighted by Gasteiger charge is -2.14. The van der Waals surface area contributed by atoms with E-state index in [0.29, 0.717) is 19.0 Å². The van der Waals surface area contributed by atoms with Crippen molar-refractivity contribution in [2.75, 3.05) is 23.7 Å². The van der Waals surface area contributed by atoms with Crippen LogP contribution in [0, 0.1) is 11.6 Å². The second-order valence-electron chi connectivity index (χ2n) is 3.93. The molecule has 0 bridgehead atoms. The number of hydrogen-bond acceptors (Lipinski definition) is 5. The summed E-state index contributed by atoms with van der Waals surface area (Å²) in [5.41, 5.74) is 5.86. The quantitative estimate of drug-likeness (QED) is 0.862. The number of hydrogen-bond donors (Lipinski definition) is 1. The molecule has 0 saturated heterocycles. The number of nitrogens with two attached hydrogens (primary N) is 1. The molecule has 2 N–H and O–H groups in total.